The van der Waals surface area contributed by atoms with E-state index in [0.717, 1.165) is 55.0 Å². The molecule has 4 heterocycles. The van der Waals surface area contributed by atoms with Gasteiger partial charge in [-0.15, -0.1) is 11.8 Å². The van der Waals surface area contributed by atoms with Gasteiger partial charge in [-0.2, -0.15) is 0 Å². The summed E-state index contributed by atoms with van der Waals surface area (Å²) in [6, 6.07) is 15.0. The number of thioether (sulfide) groups is 1. The number of piperidine rings is 1. The predicted molar refractivity (Wildman–Crippen MR) is 186 cm³/mol. The van der Waals surface area contributed by atoms with Gasteiger partial charge in [-0.1, -0.05) is 51.1 Å². The van der Waals surface area contributed by atoms with Gasteiger partial charge in [0.2, 0.25) is 17.7 Å². The minimum atomic E-state index is -0.523. The van der Waals surface area contributed by atoms with Gasteiger partial charge < -0.3 is 24.5 Å². The van der Waals surface area contributed by atoms with E-state index < -0.39 is 5.25 Å². The number of hydrogen-bond acceptors (Lipinski definition) is 6. The maximum absolute atomic E-state index is 14.8. The summed E-state index contributed by atoms with van der Waals surface area (Å²) in [5.74, 6) is -0.276. The average Bonchev–Trinajstić information content (AvgIpc) is 3.59. The highest BCUT2D eigenvalue weighted by Gasteiger charge is 2.44. The molecule has 0 N–H and O–H groups in total. The van der Waals surface area contributed by atoms with E-state index in [2.05, 4.69) is 37.6 Å². The van der Waals surface area contributed by atoms with Crippen molar-refractivity contribution in [3.63, 3.8) is 0 Å². The Bertz CT molecular complexity index is 1500. The van der Waals surface area contributed by atoms with E-state index in [0.29, 0.717) is 38.9 Å². The highest BCUT2D eigenvalue weighted by molar-refractivity contribution is 8.01. The number of nitrogens with zero attached hydrogens (tertiary/aromatic N) is 5. The Morgan fingerprint density at radius 2 is 1.66 bits per heavy atom. The lowest BCUT2D eigenvalue weighted by atomic mass is 9.92. The van der Waals surface area contributed by atoms with E-state index >= 15 is 0 Å². The molecule has 0 aliphatic carbocycles. The van der Waals surface area contributed by atoms with Gasteiger partial charge in [0.15, 0.2) is 0 Å². The Balaban J connectivity index is 1.13. The molecule has 0 spiro atoms. The number of piperazine rings is 1. The zero-order valence-corrected chi connectivity index (χ0v) is 29.0. The van der Waals surface area contributed by atoms with Crippen molar-refractivity contribution in [2.75, 3.05) is 57.8 Å². The topological polar surface area (TPSA) is 67.4 Å². The number of likely N-dealkylation sites (tertiary alicyclic amines) is 1. The quantitative estimate of drug-likeness (QED) is 0.367. The summed E-state index contributed by atoms with van der Waals surface area (Å²) in [6.07, 6.45) is 4.73. The summed E-state index contributed by atoms with van der Waals surface area (Å²) in [7, 11) is 2.11. The van der Waals surface area contributed by atoms with E-state index in [-0.39, 0.29) is 46.8 Å². The summed E-state index contributed by atoms with van der Waals surface area (Å²) in [5.41, 5.74) is 3.91. The second-order valence-corrected chi connectivity index (χ2v) is 15.9. The van der Waals surface area contributed by atoms with E-state index in [4.69, 9.17) is 0 Å². The van der Waals surface area contributed by atoms with Crippen LogP contribution in [0.2, 0.25) is 0 Å². The van der Waals surface area contributed by atoms with Crippen molar-refractivity contribution in [3.8, 4) is 0 Å². The fourth-order valence-corrected chi connectivity index (χ4v) is 8.56. The average molecular weight is 662 g/mol. The molecule has 252 valence electrons. The van der Waals surface area contributed by atoms with Crippen LogP contribution in [0.25, 0.3) is 5.57 Å². The molecule has 2 atom stereocenters. The number of carbonyl (C=O) groups excluding carboxylic acids is 3. The molecule has 3 amide bonds. The van der Waals surface area contributed by atoms with Crippen LogP contribution < -0.4 is 4.90 Å². The van der Waals surface area contributed by atoms with Crippen molar-refractivity contribution in [1.82, 2.24) is 19.6 Å². The number of carbonyl (C=O) groups is 3. The molecule has 47 heavy (non-hydrogen) atoms. The number of anilines is 1. The van der Waals surface area contributed by atoms with Crippen LogP contribution in [0.3, 0.4) is 0 Å². The number of rotatable bonds is 8. The largest absolute Gasteiger partial charge is 0.369 e. The van der Waals surface area contributed by atoms with Crippen molar-refractivity contribution in [2.45, 2.75) is 69.5 Å². The van der Waals surface area contributed by atoms with Gasteiger partial charge in [0.05, 0.1) is 11.7 Å². The number of amides is 3. The minimum absolute atomic E-state index is 0.0176. The Morgan fingerprint density at radius 1 is 0.957 bits per heavy atom. The Hall–Kier alpha value is -3.37. The lowest BCUT2D eigenvalue weighted by Crippen LogP contribution is -2.46. The molecular formula is C37H48FN5O3S. The van der Waals surface area contributed by atoms with Gasteiger partial charge in [0, 0.05) is 75.7 Å². The fourth-order valence-electron chi connectivity index (χ4n) is 7.06. The second kappa shape index (κ2) is 14.0. The van der Waals surface area contributed by atoms with Crippen molar-refractivity contribution in [2.24, 2.45) is 5.41 Å². The van der Waals surface area contributed by atoms with Gasteiger partial charge in [-0.25, -0.2) is 4.39 Å². The summed E-state index contributed by atoms with van der Waals surface area (Å²) >= 11 is 1.49. The summed E-state index contributed by atoms with van der Waals surface area (Å²) in [5, 5.41) is -0.879. The van der Waals surface area contributed by atoms with Crippen LogP contribution >= 0.6 is 11.8 Å². The van der Waals surface area contributed by atoms with Crippen LogP contribution in [-0.2, 0) is 14.4 Å². The molecule has 0 bridgehead atoms. The molecule has 2 aromatic carbocycles. The normalized spacial score (nSPS) is 23.2. The maximum Gasteiger partial charge on any atom is 0.237 e. The van der Waals surface area contributed by atoms with Gasteiger partial charge in [0.1, 0.15) is 11.2 Å². The standard InChI is InChI=1S/C37H48FN5O3S/c1-37(2,3)14-17-42-35(46)32(47-36(42)30-23-28(38)10-11-31(30)40-20-18-39(4)19-21-40)24-33(44)41-15-12-29(13-16-41)43-25-27(22-34(43)45)26-8-6-5-7-9-26/h5-11,23,25,29,32,36H,12-22,24H2,1-4H3. The fraction of sp³-hybridized carbons (Fsp3) is 0.541. The van der Waals surface area contributed by atoms with Crippen molar-refractivity contribution in [1.29, 1.82) is 0 Å². The van der Waals surface area contributed by atoms with E-state index in [1.807, 2.05) is 57.3 Å². The third kappa shape index (κ3) is 7.70. The highest BCUT2D eigenvalue weighted by atomic mass is 32.2. The first-order chi connectivity index (χ1) is 22.5. The zero-order valence-electron chi connectivity index (χ0n) is 28.2. The summed E-state index contributed by atoms with van der Waals surface area (Å²) in [4.78, 5) is 50.8. The van der Waals surface area contributed by atoms with Gasteiger partial charge in [-0.05, 0) is 61.1 Å². The summed E-state index contributed by atoms with van der Waals surface area (Å²) < 4.78 is 14.8. The van der Waals surface area contributed by atoms with Crippen LogP contribution in [0.1, 0.15) is 69.4 Å². The molecule has 3 saturated heterocycles. The molecule has 8 nitrogen and oxygen atoms in total. The molecule has 4 aliphatic rings. The monoisotopic (exact) mass is 661 g/mol. The van der Waals surface area contributed by atoms with E-state index in [1.54, 1.807) is 6.07 Å². The maximum atomic E-state index is 14.8. The van der Waals surface area contributed by atoms with Crippen LogP contribution in [0.4, 0.5) is 10.1 Å². The number of halogens is 1. The van der Waals surface area contributed by atoms with Crippen molar-refractivity contribution >= 4 is 40.7 Å². The van der Waals surface area contributed by atoms with Crippen molar-refractivity contribution < 1.29 is 18.8 Å². The molecule has 6 rings (SSSR count). The molecular weight excluding hydrogens is 614 g/mol. The smallest absolute Gasteiger partial charge is 0.237 e. The number of hydrogen-bond donors (Lipinski definition) is 0. The second-order valence-electron chi connectivity index (χ2n) is 14.6. The Labute approximate surface area is 282 Å². The van der Waals surface area contributed by atoms with Gasteiger partial charge in [-0.3, -0.25) is 14.4 Å². The van der Waals surface area contributed by atoms with Crippen LogP contribution in [0.15, 0.2) is 54.7 Å². The Kier molecular flexibility index (Phi) is 9.99. The third-order valence-corrected chi connectivity index (χ3v) is 11.4. The summed E-state index contributed by atoms with van der Waals surface area (Å²) in [6.45, 7) is 11.7. The lowest BCUT2D eigenvalue weighted by Gasteiger charge is -2.37. The van der Waals surface area contributed by atoms with Crippen LogP contribution in [0, 0.1) is 11.2 Å². The van der Waals surface area contributed by atoms with E-state index in [1.165, 1.54) is 17.8 Å². The lowest BCUT2D eigenvalue weighted by molar-refractivity contribution is -0.137. The van der Waals surface area contributed by atoms with Crippen molar-refractivity contribution in [3.05, 3.63) is 71.7 Å². The predicted octanol–water partition coefficient (Wildman–Crippen LogP) is 5.61. The van der Waals surface area contributed by atoms with E-state index in [9.17, 15) is 18.8 Å². The molecule has 0 aromatic heterocycles. The first-order valence-electron chi connectivity index (χ1n) is 17.0. The van der Waals surface area contributed by atoms with Gasteiger partial charge >= 0.3 is 0 Å². The SMILES string of the molecule is CN1CCN(c2ccc(F)cc2C2SC(CC(=O)N3CCC(N4C=C(c5ccccc5)CC4=O)CC3)C(=O)N2CCC(C)(C)C)CC1. The minimum Gasteiger partial charge on any atom is -0.369 e. The number of likely N-dealkylation sites (N-methyl/N-ethyl adjacent to an activating group) is 1. The zero-order chi connectivity index (χ0) is 33.3. The molecule has 4 aliphatic heterocycles. The Morgan fingerprint density at radius 3 is 2.34 bits per heavy atom. The van der Waals surface area contributed by atoms with Crippen LogP contribution in [-0.4, -0.2) is 101 Å². The first-order valence-corrected chi connectivity index (χ1v) is 17.9. The molecule has 0 radical (unpaired) electrons. The molecule has 2 unspecified atom stereocenters. The highest BCUT2D eigenvalue weighted by Crippen LogP contribution is 2.48. The van der Waals surface area contributed by atoms with Gasteiger partial charge in [0.25, 0.3) is 0 Å². The first kappa shape index (κ1) is 33.5. The third-order valence-electron chi connectivity index (χ3n) is 9.98. The number of benzene rings is 2. The molecule has 10 heteroatoms. The molecule has 0 saturated carbocycles. The molecule has 2 aromatic rings. The van der Waals surface area contributed by atoms with Crippen LogP contribution in [0.5, 0.6) is 0 Å². The molecule has 3 fully saturated rings.